The van der Waals surface area contributed by atoms with E-state index in [1.54, 1.807) is 12.1 Å². The van der Waals surface area contributed by atoms with Crippen molar-refractivity contribution >= 4 is 17.8 Å². The molecule has 2 aromatic carbocycles. The Morgan fingerprint density at radius 1 is 0.783 bits per heavy atom. The minimum Gasteiger partial charge on any atom is -0.508 e. The molecule has 1 saturated heterocycles. The van der Waals surface area contributed by atoms with Gasteiger partial charge in [-0.2, -0.15) is 0 Å². The second-order valence-electron chi connectivity index (χ2n) is 6.00. The van der Waals surface area contributed by atoms with Gasteiger partial charge in [-0.05, 0) is 42.4 Å². The number of rotatable bonds is 3. The summed E-state index contributed by atoms with van der Waals surface area (Å²) in [7, 11) is 2.16. The van der Waals surface area contributed by atoms with Gasteiger partial charge < -0.3 is 20.0 Å². The molecule has 23 heavy (non-hydrogen) atoms. The number of hydrogen-bond acceptors (Lipinski definition) is 4. The maximum absolute atomic E-state index is 9.49. The number of piperazine rings is 1. The summed E-state index contributed by atoms with van der Waals surface area (Å²) < 4.78 is 0. The van der Waals surface area contributed by atoms with Crippen LogP contribution in [0.1, 0.15) is 11.1 Å². The van der Waals surface area contributed by atoms with E-state index in [4.69, 9.17) is 0 Å². The van der Waals surface area contributed by atoms with E-state index in [2.05, 4.69) is 41.1 Å². The molecular weight excluding hydrogens is 288 g/mol. The normalized spacial score (nSPS) is 16.1. The quantitative estimate of drug-likeness (QED) is 0.856. The molecular formula is C19H22N2O2. The number of benzene rings is 2. The van der Waals surface area contributed by atoms with Crippen molar-refractivity contribution in [1.29, 1.82) is 0 Å². The van der Waals surface area contributed by atoms with Gasteiger partial charge in [0.2, 0.25) is 0 Å². The summed E-state index contributed by atoms with van der Waals surface area (Å²) in [6, 6.07) is 13.0. The Bertz CT molecular complexity index is 667. The standard InChI is InChI=1S/C19H22N2O2/c1-20-8-10-21(11-9-20)17-6-4-15(5-7-17)2-3-16-12-18(22)14-19(23)13-16/h2-7,12-14,22-23H,8-11H2,1H3. The average molecular weight is 310 g/mol. The van der Waals surface area contributed by atoms with Gasteiger partial charge in [0.25, 0.3) is 0 Å². The lowest BCUT2D eigenvalue weighted by atomic mass is 10.1. The molecule has 0 spiro atoms. The maximum Gasteiger partial charge on any atom is 0.119 e. The van der Waals surface area contributed by atoms with E-state index in [-0.39, 0.29) is 11.5 Å². The lowest BCUT2D eigenvalue weighted by Crippen LogP contribution is -2.44. The molecule has 0 bridgehead atoms. The first-order valence-electron chi connectivity index (χ1n) is 7.85. The monoisotopic (exact) mass is 310 g/mol. The summed E-state index contributed by atoms with van der Waals surface area (Å²) in [5.41, 5.74) is 3.11. The smallest absolute Gasteiger partial charge is 0.119 e. The molecule has 2 N–H and O–H groups in total. The molecule has 0 amide bonds. The molecule has 3 rings (SSSR count). The fourth-order valence-corrected chi connectivity index (χ4v) is 2.77. The van der Waals surface area contributed by atoms with Crippen molar-refractivity contribution in [3.63, 3.8) is 0 Å². The zero-order chi connectivity index (χ0) is 16.2. The van der Waals surface area contributed by atoms with Crippen LogP contribution in [0.5, 0.6) is 11.5 Å². The molecule has 0 saturated carbocycles. The van der Waals surface area contributed by atoms with E-state index in [0.717, 1.165) is 37.3 Å². The van der Waals surface area contributed by atoms with Crippen LogP contribution < -0.4 is 4.90 Å². The van der Waals surface area contributed by atoms with Gasteiger partial charge in [0.05, 0.1) is 0 Å². The van der Waals surface area contributed by atoms with Crippen LogP contribution in [0.25, 0.3) is 12.2 Å². The van der Waals surface area contributed by atoms with Crippen molar-refractivity contribution < 1.29 is 10.2 Å². The zero-order valence-electron chi connectivity index (χ0n) is 13.3. The van der Waals surface area contributed by atoms with Crippen molar-refractivity contribution in [1.82, 2.24) is 4.90 Å². The third kappa shape index (κ3) is 4.05. The fraction of sp³-hybridized carbons (Fsp3) is 0.263. The van der Waals surface area contributed by atoms with Gasteiger partial charge in [-0.3, -0.25) is 0 Å². The molecule has 0 unspecified atom stereocenters. The molecule has 0 atom stereocenters. The summed E-state index contributed by atoms with van der Waals surface area (Å²) >= 11 is 0. The first kappa shape index (κ1) is 15.4. The van der Waals surface area contributed by atoms with E-state index >= 15 is 0 Å². The summed E-state index contributed by atoms with van der Waals surface area (Å²) in [6.45, 7) is 4.33. The number of phenolic OH excluding ortho intramolecular Hbond substituents is 2. The summed E-state index contributed by atoms with van der Waals surface area (Å²) in [5.74, 6) is 0.130. The van der Waals surface area contributed by atoms with Crippen LogP contribution >= 0.6 is 0 Å². The zero-order valence-corrected chi connectivity index (χ0v) is 13.3. The van der Waals surface area contributed by atoms with Gasteiger partial charge in [0, 0.05) is 37.9 Å². The van der Waals surface area contributed by atoms with Gasteiger partial charge in [0.1, 0.15) is 11.5 Å². The van der Waals surface area contributed by atoms with Crippen molar-refractivity contribution in [2.75, 3.05) is 38.1 Å². The molecule has 4 nitrogen and oxygen atoms in total. The number of hydrogen-bond donors (Lipinski definition) is 2. The number of likely N-dealkylation sites (N-methyl/N-ethyl adjacent to an activating group) is 1. The van der Waals surface area contributed by atoms with Crippen LogP contribution in [-0.4, -0.2) is 48.3 Å². The molecule has 1 aliphatic heterocycles. The molecule has 4 heteroatoms. The summed E-state index contributed by atoms with van der Waals surface area (Å²) in [6.07, 6.45) is 3.85. The molecule has 0 aromatic heterocycles. The SMILES string of the molecule is CN1CCN(c2ccc(C=Cc3cc(O)cc(O)c3)cc2)CC1. The number of phenols is 2. The number of aromatic hydroxyl groups is 2. The van der Waals surface area contributed by atoms with E-state index in [9.17, 15) is 10.2 Å². The highest BCUT2D eigenvalue weighted by molar-refractivity contribution is 5.71. The van der Waals surface area contributed by atoms with Crippen LogP contribution in [0.15, 0.2) is 42.5 Å². The van der Waals surface area contributed by atoms with Gasteiger partial charge in [0.15, 0.2) is 0 Å². The van der Waals surface area contributed by atoms with Gasteiger partial charge in [-0.15, -0.1) is 0 Å². The molecule has 1 heterocycles. The lowest BCUT2D eigenvalue weighted by molar-refractivity contribution is 0.313. The minimum atomic E-state index is 0.0649. The van der Waals surface area contributed by atoms with Crippen LogP contribution in [-0.2, 0) is 0 Å². The minimum absolute atomic E-state index is 0.0649. The third-order valence-corrected chi connectivity index (χ3v) is 4.15. The van der Waals surface area contributed by atoms with Gasteiger partial charge in [-0.1, -0.05) is 24.3 Å². The Morgan fingerprint density at radius 3 is 1.96 bits per heavy atom. The van der Waals surface area contributed by atoms with E-state index in [1.165, 1.54) is 11.8 Å². The lowest BCUT2D eigenvalue weighted by Gasteiger charge is -2.34. The highest BCUT2D eigenvalue weighted by Gasteiger charge is 2.13. The maximum atomic E-state index is 9.49. The Balaban J connectivity index is 1.68. The Hall–Kier alpha value is -2.46. The van der Waals surface area contributed by atoms with Crippen LogP contribution in [0.3, 0.4) is 0 Å². The molecule has 0 radical (unpaired) electrons. The number of anilines is 1. The first-order valence-corrected chi connectivity index (χ1v) is 7.85. The topological polar surface area (TPSA) is 46.9 Å². The summed E-state index contributed by atoms with van der Waals surface area (Å²) in [5, 5.41) is 19.0. The fourth-order valence-electron chi connectivity index (χ4n) is 2.77. The largest absolute Gasteiger partial charge is 0.508 e. The van der Waals surface area contributed by atoms with Crippen molar-refractivity contribution in [2.45, 2.75) is 0 Å². The van der Waals surface area contributed by atoms with Gasteiger partial charge >= 0.3 is 0 Å². The highest BCUT2D eigenvalue weighted by atomic mass is 16.3. The van der Waals surface area contributed by atoms with Crippen LogP contribution in [0, 0.1) is 0 Å². The molecule has 1 fully saturated rings. The molecule has 2 aromatic rings. The molecule has 120 valence electrons. The Morgan fingerprint density at radius 2 is 1.35 bits per heavy atom. The van der Waals surface area contributed by atoms with Gasteiger partial charge in [-0.25, -0.2) is 0 Å². The molecule has 0 aliphatic carbocycles. The van der Waals surface area contributed by atoms with Crippen molar-refractivity contribution in [3.8, 4) is 11.5 Å². The predicted molar refractivity (Wildman–Crippen MR) is 94.9 cm³/mol. The van der Waals surface area contributed by atoms with E-state index < -0.39 is 0 Å². The first-order chi connectivity index (χ1) is 11.1. The van der Waals surface area contributed by atoms with Crippen LogP contribution in [0.2, 0.25) is 0 Å². The highest BCUT2D eigenvalue weighted by Crippen LogP contribution is 2.22. The molecule has 1 aliphatic rings. The van der Waals surface area contributed by atoms with E-state index in [1.807, 2.05) is 12.2 Å². The number of nitrogens with zero attached hydrogens (tertiary/aromatic N) is 2. The predicted octanol–water partition coefficient (Wildman–Crippen LogP) is 3.02. The second kappa shape index (κ2) is 6.75. The van der Waals surface area contributed by atoms with Crippen LogP contribution in [0.4, 0.5) is 5.69 Å². The average Bonchev–Trinajstić information content (AvgIpc) is 2.53. The van der Waals surface area contributed by atoms with E-state index in [0.29, 0.717) is 0 Å². The third-order valence-electron chi connectivity index (χ3n) is 4.15. The van der Waals surface area contributed by atoms with Crippen molar-refractivity contribution in [2.24, 2.45) is 0 Å². The summed E-state index contributed by atoms with van der Waals surface area (Å²) in [4.78, 5) is 4.75. The van der Waals surface area contributed by atoms with Crippen molar-refractivity contribution in [3.05, 3.63) is 53.6 Å². The Kier molecular flexibility index (Phi) is 4.53. The second-order valence-corrected chi connectivity index (χ2v) is 6.00. The Labute approximate surface area is 136 Å².